The third-order valence-electron chi connectivity index (χ3n) is 2.52. The molecule has 0 aromatic heterocycles. The number of hydrogen-bond donors (Lipinski definition) is 0. The first-order valence-electron chi connectivity index (χ1n) is 5.28. The van der Waals surface area contributed by atoms with Crippen LogP contribution in [0.3, 0.4) is 0 Å². The second-order valence-corrected chi connectivity index (χ2v) is 7.02. The van der Waals surface area contributed by atoms with Gasteiger partial charge in [-0.3, -0.25) is 0 Å². The molecule has 0 aliphatic heterocycles. The smallest absolute Gasteiger partial charge is 0.0197 e. The van der Waals surface area contributed by atoms with Crippen LogP contribution in [0.4, 0.5) is 0 Å². The number of alkyl halides is 1. The molecule has 0 bridgehead atoms. The number of hydrogen-bond acceptors (Lipinski definition) is 0. The lowest BCUT2D eigenvalue weighted by atomic mass is 9.89. The molecule has 0 amide bonds. The van der Waals surface area contributed by atoms with Crippen LogP contribution in [-0.2, 0) is 6.42 Å². The van der Waals surface area contributed by atoms with Crippen LogP contribution in [-0.4, -0.2) is 4.83 Å². The van der Waals surface area contributed by atoms with Gasteiger partial charge in [-0.25, -0.2) is 0 Å². The molecule has 0 saturated heterocycles. The van der Waals surface area contributed by atoms with Crippen molar-refractivity contribution in [3.63, 3.8) is 0 Å². The summed E-state index contributed by atoms with van der Waals surface area (Å²) >= 11 is 7.26. The van der Waals surface area contributed by atoms with Crippen LogP contribution < -0.4 is 0 Å². The maximum Gasteiger partial charge on any atom is 0.0197 e. The molecule has 1 aromatic carbocycles. The molecule has 0 radical (unpaired) electrons. The van der Waals surface area contributed by atoms with Crippen molar-refractivity contribution in [2.24, 2.45) is 5.41 Å². The molecular formula is C13H18Br2. The van der Waals surface area contributed by atoms with Gasteiger partial charge in [0, 0.05) is 9.30 Å². The Hall–Kier alpha value is 0.180. The number of benzene rings is 1. The lowest BCUT2D eigenvalue weighted by Crippen LogP contribution is -2.20. The van der Waals surface area contributed by atoms with E-state index in [0.717, 1.165) is 6.42 Å². The fraction of sp³-hybridized carbons (Fsp3) is 0.538. The van der Waals surface area contributed by atoms with Crippen molar-refractivity contribution in [2.75, 3.05) is 0 Å². The van der Waals surface area contributed by atoms with Crippen molar-refractivity contribution in [3.05, 3.63) is 34.3 Å². The zero-order valence-corrected chi connectivity index (χ0v) is 12.7. The van der Waals surface area contributed by atoms with Crippen LogP contribution in [0.25, 0.3) is 0 Å². The van der Waals surface area contributed by atoms with Gasteiger partial charge in [-0.05, 0) is 36.0 Å². The minimum absolute atomic E-state index is 0.339. The first kappa shape index (κ1) is 13.2. The Balaban J connectivity index is 2.51. The maximum atomic E-state index is 3.76. The van der Waals surface area contributed by atoms with Gasteiger partial charge in [-0.1, -0.05) is 64.8 Å². The summed E-state index contributed by atoms with van der Waals surface area (Å²) in [5.41, 5.74) is 1.74. The third-order valence-corrected chi connectivity index (χ3v) is 4.84. The van der Waals surface area contributed by atoms with E-state index in [1.807, 2.05) is 0 Å². The van der Waals surface area contributed by atoms with E-state index in [-0.39, 0.29) is 0 Å². The molecular weight excluding hydrogens is 316 g/mol. The second-order valence-electron chi connectivity index (χ2n) is 5.00. The van der Waals surface area contributed by atoms with Crippen molar-refractivity contribution in [1.29, 1.82) is 0 Å². The summed E-state index contributed by atoms with van der Waals surface area (Å²) in [4.78, 5) is 0.573. The molecule has 0 nitrogen and oxygen atoms in total. The number of rotatable bonds is 3. The summed E-state index contributed by atoms with van der Waals surface area (Å²) in [6, 6.07) is 8.55. The van der Waals surface area contributed by atoms with Crippen LogP contribution in [0.1, 0.15) is 32.8 Å². The fourth-order valence-corrected chi connectivity index (χ4v) is 2.09. The van der Waals surface area contributed by atoms with Gasteiger partial charge in [0.25, 0.3) is 0 Å². The van der Waals surface area contributed by atoms with Crippen molar-refractivity contribution >= 4 is 31.9 Å². The topological polar surface area (TPSA) is 0 Å². The van der Waals surface area contributed by atoms with E-state index in [9.17, 15) is 0 Å². The minimum Gasteiger partial charge on any atom is -0.0885 e. The normalized spacial score (nSPS) is 13.9. The standard InChI is InChI=1S/C13H18Br2/c1-13(2,3)12(15)8-7-10-5-4-6-11(14)9-10/h4-6,9,12H,7-8H2,1-3H3. The van der Waals surface area contributed by atoms with Crippen LogP contribution >= 0.6 is 31.9 Å². The minimum atomic E-state index is 0.339. The van der Waals surface area contributed by atoms with Gasteiger partial charge in [-0.15, -0.1) is 0 Å². The summed E-state index contributed by atoms with van der Waals surface area (Å²) in [6.45, 7) is 6.81. The molecule has 0 fully saturated rings. The second kappa shape index (κ2) is 5.49. The van der Waals surface area contributed by atoms with Crippen molar-refractivity contribution in [2.45, 2.75) is 38.4 Å². The molecule has 0 saturated carbocycles. The van der Waals surface area contributed by atoms with Crippen molar-refractivity contribution < 1.29 is 0 Å². The maximum absolute atomic E-state index is 3.76. The molecule has 0 heterocycles. The Morgan fingerprint density at radius 2 is 1.93 bits per heavy atom. The molecule has 1 rings (SSSR count). The predicted molar refractivity (Wildman–Crippen MR) is 74.6 cm³/mol. The van der Waals surface area contributed by atoms with Gasteiger partial charge >= 0.3 is 0 Å². The number of aryl methyl sites for hydroxylation is 1. The Kier molecular flexibility index (Phi) is 4.85. The van der Waals surface area contributed by atoms with Gasteiger partial charge in [-0.2, -0.15) is 0 Å². The Morgan fingerprint density at radius 3 is 2.47 bits per heavy atom. The van der Waals surface area contributed by atoms with Gasteiger partial charge in [0.15, 0.2) is 0 Å². The fourth-order valence-electron chi connectivity index (χ4n) is 1.42. The van der Waals surface area contributed by atoms with Crippen LogP contribution in [0.5, 0.6) is 0 Å². The molecule has 2 heteroatoms. The molecule has 1 unspecified atom stereocenters. The van der Waals surface area contributed by atoms with E-state index in [4.69, 9.17) is 0 Å². The monoisotopic (exact) mass is 332 g/mol. The Bertz CT molecular complexity index is 313. The van der Waals surface area contributed by atoms with Crippen LogP contribution in [0.2, 0.25) is 0 Å². The van der Waals surface area contributed by atoms with E-state index in [1.165, 1.54) is 16.5 Å². The van der Waals surface area contributed by atoms with Gasteiger partial charge in [0.05, 0.1) is 0 Å². The lowest BCUT2D eigenvalue weighted by Gasteiger charge is -2.25. The van der Waals surface area contributed by atoms with Gasteiger partial charge in [0.2, 0.25) is 0 Å². The zero-order chi connectivity index (χ0) is 11.5. The molecule has 0 spiro atoms. The SMILES string of the molecule is CC(C)(C)C(Br)CCc1cccc(Br)c1. The molecule has 0 aliphatic rings. The summed E-state index contributed by atoms with van der Waals surface area (Å²) in [6.07, 6.45) is 2.31. The summed E-state index contributed by atoms with van der Waals surface area (Å²) in [7, 11) is 0. The van der Waals surface area contributed by atoms with Crippen molar-refractivity contribution in [3.8, 4) is 0 Å². The van der Waals surface area contributed by atoms with E-state index in [2.05, 4.69) is 76.9 Å². The molecule has 84 valence electrons. The first-order chi connectivity index (χ1) is 6.89. The Labute approximate surface area is 110 Å². The number of halogens is 2. The predicted octanol–water partition coefficient (Wildman–Crippen LogP) is 5.19. The summed E-state index contributed by atoms with van der Waals surface area (Å²) in [5, 5.41) is 0. The average Bonchev–Trinajstić information content (AvgIpc) is 2.12. The highest BCUT2D eigenvalue weighted by Gasteiger charge is 2.21. The molecule has 0 aliphatic carbocycles. The zero-order valence-electron chi connectivity index (χ0n) is 9.56. The third kappa shape index (κ3) is 4.69. The highest BCUT2D eigenvalue weighted by atomic mass is 79.9. The molecule has 15 heavy (non-hydrogen) atoms. The highest BCUT2D eigenvalue weighted by molar-refractivity contribution is 9.10. The van der Waals surface area contributed by atoms with E-state index in [0.29, 0.717) is 10.2 Å². The van der Waals surface area contributed by atoms with Gasteiger partial charge in [0.1, 0.15) is 0 Å². The van der Waals surface area contributed by atoms with E-state index in [1.54, 1.807) is 0 Å². The lowest BCUT2D eigenvalue weighted by molar-refractivity contribution is 0.386. The van der Waals surface area contributed by atoms with Gasteiger partial charge < -0.3 is 0 Å². The molecule has 0 N–H and O–H groups in total. The first-order valence-corrected chi connectivity index (χ1v) is 6.99. The van der Waals surface area contributed by atoms with E-state index >= 15 is 0 Å². The quantitative estimate of drug-likeness (QED) is 0.667. The summed E-state index contributed by atoms with van der Waals surface area (Å²) < 4.78 is 1.17. The Morgan fingerprint density at radius 1 is 1.27 bits per heavy atom. The highest BCUT2D eigenvalue weighted by Crippen LogP contribution is 2.29. The molecule has 1 atom stereocenters. The average molecular weight is 334 g/mol. The van der Waals surface area contributed by atoms with Crippen LogP contribution in [0, 0.1) is 5.41 Å². The van der Waals surface area contributed by atoms with Crippen LogP contribution in [0.15, 0.2) is 28.7 Å². The van der Waals surface area contributed by atoms with E-state index < -0.39 is 0 Å². The summed E-state index contributed by atoms with van der Waals surface area (Å²) in [5.74, 6) is 0. The molecule has 1 aromatic rings. The van der Waals surface area contributed by atoms with Crippen molar-refractivity contribution in [1.82, 2.24) is 0 Å². The largest absolute Gasteiger partial charge is 0.0885 e.